The maximum atomic E-state index is 6.14. The molecule has 1 saturated carbocycles. The van der Waals surface area contributed by atoms with Gasteiger partial charge in [0.15, 0.2) is 5.82 Å². The molecule has 19 heavy (non-hydrogen) atoms. The number of aromatic nitrogens is 2. The van der Waals surface area contributed by atoms with Gasteiger partial charge in [-0.25, -0.2) is 9.97 Å². The Morgan fingerprint density at radius 2 is 1.89 bits per heavy atom. The minimum atomic E-state index is -0.302. The summed E-state index contributed by atoms with van der Waals surface area (Å²) in [4.78, 5) is 9.28. The second kappa shape index (κ2) is 5.45. The van der Waals surface area contributed by atoms with Gasteiger partial charge in [0.25, 0.3) is 0 Å². The third kappa shape index (κ3) is 2.59. The molecule has 1 aliphatic rings. The van der Waals surface area contributed by atoms with Crippen molar-refractivity contribution in [2.24, 2.45) is 0 Å². The Hall–Kier alpha value is -1.16. The average molecular weight is 263 g/mol. The van der Waals surface area contributed by atoms with Crippen molar-refractivity contribution >= 4 is 5.82 Å². The predicted octanol–water partition coefficient (Wildman–Crippen LogP) is 3.30. The van der Waals surface area contributed by atoms with Crippen molar-refractivity contribution in [3.63, 3.8) is 0 Å². The fraction of sp³-hybridized carbons (Fsp3) is 0.733. The zero-order chi connectivity index (χ0) is 14.0. The zero-order valence-corrected chi connectivity index (χ0v) is 12.5. The molecule has 1 aliphatic carbocycles. The van der Waals surface area contributed by atoms with Crippen molar-refractivity contribution in [2.75, 3.05) is 12.3 Å². The van der Waals surface area contributed by atoms with Crippen molar-refractivity contribution < 1.29 is 4.74 Å². The van der Waals surface area contributed by atoms with Gasteiger partial charge in [0.05, 0.1) is 0 Å². The number of anilines is 1. The number of hydrogen-bond donors (Lipinski definition) is 1. The van der Waals surface area contributed by atoms with Gasteiger partial charge in [0, 0.05) is 17.9 Å². The second-order valence-corrected chi connectivity index (χ2v) is 5.72. The summed E-state index contributed by atoms with van der Waals surface area (Å²) in [6.07, 6.45) is 4.35. The van der Waals surface area contributed by atoms with Crippen LogP contribution < -0.4 is 5.73 Å². The molecule has 1 aromatic heterocycles. The van der Waals surface area contributed by atoms with Gasteiger partial charge in [-0.05, 0) is 45.4 Å². The van der Waals surface area contributed by atoms with Crippen LogP contribution in [-0.4, -0.2) is 16.6 Å². The normalized spacial score (nSPS) is 18.2. The zero-order valence-electron chi connectivity index (χ0n) is 12.5. The van der Waals surface area contributed by atoms with Gasteiger partial charge in [0.1, 0.15) is 11.4 Å². The summed E-state index contributed by atoms with van der Waals surface area (Å²) in [6.45, 7) is 8.98. The van der Waals surface area contributed by atoms with Gasteiger partial charge < -0.3 is 10.5 Å². The maximum Gasteiger partial charge on any atom is 0.162 e. The second-order valence-electron chi connectivity index (χ2n) is 5.72. The number of hydrogen-bond acceptors (Lipinski definition) is 4. The molecule has 0 spiro atoms. The lowest BCUT2D eigenvalue weighted by Gasteiger charge is -2.28. The Morgan fingerprint density at radius 1 is 1.26 bits per heavy atom. The molecule has 0 aromatic carbocycles. The molecule has 1 heterocycles. The summed E-state index contributed by atoms with van der Waals surface area (Å²) in [5, 5.41) is 0. The number of nitrogen functional groups attached to an aromatic ring is 1. The van der Waals surface area contributed by atoms with E-state index in [0.29, 0.717) is 18.3 Å². The first-order valence-electron chi connectivity index (χ1n) is 7.28. The highest BCUT2D eigenvalue weighted by molar-refractivity contribution is 5.44. The van der Waals surface area contributed by atoms with E-state index in [1.165, 1.54) is 12.8 Å². The highest BCUT2D eigenvalue weighted by Gasteiger charge is 2.39. The Bertz CT molecular complexity index is 428. The van der Waals surface area contributed by atoms with E-state index in [-0.39, 0.29) is 5.60 Å². The SMILES string of the molecule is CCOC1(c2nc(C)c(C(C)C)c(N)n2)CCCC1. The summed E-state index contributed by atoms with van der Waals surface area (Å²) in [5.41, 5.74) is 7.89. The Balaban J connectivity index is 2.45. The van der Waals surface area contributed by atoms with E-state index < -0.39 is 0 Å². The number of ether oxygens (including phenoxy) is 1. The van der Waals surface area contributed by atoms with Crippen LogP contribution >= 0.6 is 0 Å². The van der Waals surface area contributed by atoms with Crippen molar-refractivity contribution in [1.82, 2.24) is 9.97 Å². The molecule has 4 heteroatoms. The monoisotopic (exact) mass is 263 g/mol. The Kier molecular flexibility index (Phi) is 4.09. The molecule has 2 rings (SSSR count). The van der Waals surface area contributed by atoms with Gasteiger partial charge in [-0.3, -0.25) is 0 Å². The first-order valence-corrected chi connectivity index (χ1v) is 7.28. The molecule has 1 aromatic rings. The topological polar surface area (TPSA) is 61.0 Å². The number of rotatable bonds is 4. The van der Waals surface area contributed by atoms with Crippen LogP contribution in [0.3, 0.4) is 0 Å². The lowest BCUT2D eigenvalue weighted by Crippen LogP contribution is -2.30. The Labute approximate surface area is 115 Å². The third-order valence-electron chi connectivity index (χ3n) is 3.98. The molecule has 2 N–H and O–H groups in total. The van der Waals surface area contributed by atoms with Crippen LogP contribution in [0.4, 0.5) is 5.82 Å². The summed E-state index contributed by atoms with van der Waals surface area (Å²) in [5.74, 6) is 1.75. The van der Waals surface area contributed by atoms with Gasteiger partial charge >= 0.3 is 0 Å². The molecule has 106 valence electrons. The molecule has 0 aliphatic heterocycles. The van der Waals surface area contributed by atoms with Gasteiger partial charge in [0.2, 0.25) is 0 Å². The lowest BCUT2D eigenvalue weighted by molar-refractivity contribution is -0.0457. The molecular weight excluding hydrogens is 238 g/mol. The molecule has 0 unspecified atom stereocenters. The van der Waals surface area contributed by atoms with Crippen molar-refractivity contribution in [3.05, 3.63) is 17.1 Å². The average Bonchev–Trinajstić information content (AvgIpc) is 2.77. The van der Waals surface area contributed by atoms with Crippen LogP contribution in [0, 0.1) is 6.92 Å². The van der Waals surface area contributed by atoms with E-state index in [9.17, 15) is 0 Å². The molecule has 4 nitrogen and oxygen atoms in total. The van der Waals surface area contributed by atoms with E-state index in [2.05, 4.69) is 18.8 Å². The van der Waals surface area contributed by atoms with Gasteiger partial charge in [-0.15, -0.1) is 0 Å². The van der Waals surface area contributed by atoms with Crippen LogP contribution in [0.5, 0.6) is 0 Å². The van der Waals surface area contributed by atoms with Crippen molar-refractivity contribution in [2.45, 2.75) is 64.9 Å². The van der Waals surface area contributed by atoms with E-state index in [1.54, 1.807) is 0 Å². The fourth-order valence-electron chi connectivity index (χ4n) is 3.18. The van der Waals surface area contributed by atoms with Gasteiger partial charge in [-0.1, -0.05) is 13.8 Å². The maximum absolute atomic E-state index is 6.14. The summed E-state index contributed by atoms with van der Waals surface area (Å²) < 4.78 is 6.01. The van der Waals surface area contributed by atoms with Gasteiger partial charge in [-0.2, -0.15) is 0 Å². The highest BCUT2D eigenvalue weighted by atomic mass is 16.5. The molecule has 1 fully saturated rings. The van der Waals surface area contributed by atoms with E-state index in [1.807, 2.05) is 13.8 Å². The summed E-state index contributed by atoms with van der Waals surface area (Å²) in [6, 6.07) is 0. The molecule has 0 bridgehead atoms. The third-order valence-corrected chi connectivity index (χ3v) is 3.98. The van der Waals surface area contributed by atoms with E-state index in [4.69, 9.17) is 15.5 Å². The summed E-state index contributed by atoms with van der Waals surface area (Å²) in [7, 11) is 0. The fourth-order valence-corrected chi connectivity index (χ4v) is 3.18. The minimum absolute atomic E-state index is 0.302. The predicted molar refractivity (Wildman–Crippen MR) is 77.0 cm³/mol. The largest absolute Gasteiger partial charge is 0.383 e. The quantitative estimate of drug-likeness (QED) is 0.905. The molecule has 0 radical (unpaired) electrons. The molecule has 0 saturated heterocycles. The molecule has 0 atom stereocenters. The first-order chi connectivity index (χ1) is 9.00. The van der Waals surface area contributed by atoms with E-state index >= 15 is 0 Å². The van der Waals surface area contributed by atoms with Crippen molar-refractivity contribution in [3.8, 4) is 0 Å². The number of aryl methyl sites for hydroxylation is 1. The van der Waals surface area contributed by atoms with Crippen LogP contribution in [-0.2, 0) is 10.3 Å². The van der Waals surface area contributed by atoms with Crippen LogP contribution in [0.15, 0.2) is 0 Å². The van der Waals surface area contributed by atoms with Crippen LogP contribution in [0.25, 0.3) is 0 Å². The standard InChI is InChI=1S/C15H25N3O/c1-5-19-15(8-6-7-9-15)14-17-11(4)12(10(2)3)13(16)18-14/h10H,5-9H2,1-4H3,(H2,16,17,18). The lowest BCUT2D eigenvalue weighted by atomic mass is 9.98. The Morgan fingerprint density at radius 3 is 2.37 bits per heavy atom. The van der Waals surface area contributed by atoms with Crippen LogP contribution in [0.1, 0.15) is 69.5 Å². The minimum Gasteiger partial charge on any atom is -0.383 e. The number of nitrogens with two attached hydrogens (primary N) is 1. The molecular formula is C15H25N3O. The van der Waals surface area contributed by atoms with E-state index in [0.717, 1.165) is 29.9 Å². The van der Waals surface area contributed by atoms with Crippen LogP contribution in [0.2, 0.25) is 0 Å². The number of nitrogens with zero attached hydrogens (tertiary/aromatic N) is 2. The first kappa shape index (κ1) is 14.3. The smallest absolute Gasteiger partial charge is 0.162 e. The molecule has 0 amide bonds. The summed E-state index contributed by atoms with van der Waals surface area (Å²) >= 11 is 0. The van der Waals surface area contributed by atoms with Crippen molar-refractivity contribution in [1.29, 1.82) is 0 Å². The highest BCUT2D eigenvalue weighted by Crippen LogP contribution is 2.41.